The summed E-state index contributed by atoms with van der Waals surface area (Å²) >= 11 is 0. The maximum Gasteiger partial charge on any atom is 0.195 e. The lowest BCUT2D eigenvalue weighted by molar-refractivity contribution is 0.231. The van der Waals surface area contributed by atoms with E-state index < -0.39 is 10.1 Å². The molecule has 80 valence electrons. The van der Waals surface area contributed by atoms with E-state index in [1.54, 1.807) is 0 Å². The smallest absolute Gasteiger partial charge is 0.195 e. The number of hydrogen-bond acceptors (Lipinski definition) is 2. The van der Waals surface area contributed by atoms with Crippen LogP contribution in [0.4, 0.5) is 0 Å². The van der Waals surface area contributed by atoms with Gasteiger partial charge in [-0.1, -0.05) is 33.1 Å². The van der Waals surface area contributed by atoms with Gasteiger partial charge in [-0.05, 0) is 12.3 Å². The van der Waals surface area contributed by atoms with Crippen LogP contribution in [0.15, 0.2) is 0 Å². The van der Waals surface area contributed by atoms with Gasteiger partial charge in [0.2, 0.25) is 0 Å². The summed E-state index contributed by atoms with van der Waals surface area (Å²) in [6, 6.07) is 0. The average Bonchev–Trinajstić information content (AvgIpc) is 2.03. The van der Waals surface area contributed by atoms with E-state index in [2.05, 4.69) is 19.7 Å². The van der Waals surface area contributed by atoms with Gasteiger partial charge in [-0.25, -0.2) is 4.21 Å². The lowest BCUT2D eigenvalue weighted by atomic mass is 10.0. The van der Waals surface area contributed by atoms with Crippen LogP contribution in [0, 0.1) is 5.92 Å². The fraction of sp³-hybridized carbons (Fsp3) is 0.889. The first kappa shape index (κ1) is 12.9. The van der Waals surface area contributed by atoms with Crippen LogP contribution in [0.1, 0.15) is 39.5 Å². The van der Waals surface area contributed by atoms with E-state index in [1.807, 2.05) is 0 Å². The summed E-state index contributed by atoms with van der Waals surface area (Å²) in [5, 5.41) is 0. The molecule has 0 rings (SSSR count). The van der Waals surface area contributed by atoms with Crippen molar-refractivity contribution in [1.82, 2.24) is 0 Å². The molecule has 2 atom stereocenters. The van der Waals surface area contributed by atoms with E-state index in [0.717, 1.165) is 25.7 Å². The van der Waals surface area contributed by atoms with Crippen LogP contribution < -0.4 is 0 Å². The normalized spacial score (nSPS) is 18.1. The largest absolute Gasteiger partial charge is 0.294 e. The van der Waals surface area contributed by atoms with Crippen molar-refractivity contribution >= 4 is 16.0 Å². The zero-order valence-corrected chi connectivity index (χ0v) is 9.31. The molecule has 0 heterocycles. The highest BCUT2D eigenvalue weighted by Gasteiger charge is 2.08. The van der Waals surface area contributed by atoms with Crippen molar-refractivity contribution in [3.63, 3.8) is 0 Å². The van der Waals surface area contributed by atoms with Crippen LogP contribution in [0.5, 0.6) is 0 Å². The molecule has 2 unspecified atom stereocenters. The fourth-order valence-electron chi connectivity index (χ4n) is 1.10. The summed E-state index contributed by atoms with van der Waals surface area (Å²) in [4.78, 5) is 0. The molecule has 4 heteroatoms. The highest BCUT2D eigenvalue weighted by molar-refractivity contribution is 7.90. The molecule has 0 amide bonds. The van der Waals surface area contributed by atoms with Crippen LogP contribution in [0.2, 0.25) is 0 Å². The Labute approximate surface area is 81.5 Å². The number of rotatable bonds is 7. The van der Waals surface area contributed by atoms with E-state index in [9.17, 15) is 4.21 Å². The summed E-state index contributed by atoms with van der Waals surface area (Å²) < 4.78 is 24.2. The van der Waals surface area contributed by atoms with E-state index in [0.29, 0.717) is 12.5 Å². The van der Waals surface area contributed by atoms with Gasteiger partial charge in [-0.3, -0.25) is 8.74 Å². The first-order valence-electron chi connectivity index (χ1n) is 4.73. The monoisotopic (exact) mass is 208 g/mol. The maximum atomic E-state index is 10.7. The Hall–Kier alpha value is -0.0600. The minimum atomic E-state index is -3.25. The first-order chi connectivity index (χ1) is 5.99. The lowest BCUT2D eigenvalue weighted by Crippen LogP contribution is -2.13. The molecular weight excluding hydrogens is 188 g/mol. The Morgan fingerprint density at radius 3 is 2.54 bits per heavy atom. The molecule has 13 heavy (non-hydrogen) atoms. The third-order valence-electron chi connectivity index (χ3n) is 2.03. The van der Waals surface area contributed by atoms with Crippen molar-refractivity contribution in [2.24, 2.45) is 5.92 Å². The summed E-state index contributed by atoms with van der Waals surface area (Å²) in [7, 11) is -3.25. The molecule has 0 radical (unpaired) electrons. The highest BCUT2D eigenvalue weighted by Crippen LogP contribution is 2.13. The number of hydrogen-bond donors (Lipinski definition) is 1. The van der Waals surface area contributed by atoms with Crippen molar-refractivity contribution in [2.75, 3.05) is 6.61 Å². The van der Waals surface area contributed by atoms with E-state index in [1.165, 1.54) is 0 Å². The zero-order chi connectivity index (χ0) is 10.3. The first-order valence-corrected chi connectivity index (χ1v) is 6.34. The van der Waals surface area contributed by atoms with Gasteiger partial charge in [0.15, 0.2) is 10.1 Å². The van der Waals surface area contributed by atoms with Gasteiger partial charge in [0.05, 0.1) is 6.61 Å². The van der Waals surface area contributed by atoms with Gasteiger partial charge in [0, 0.05) is 5.87 Å². The summed E-state index contributed by atoms with van der Waals surface area (Å²) in [6.07, 6.45) is 4.33. The van der Waals surface area contributed by atoms with E-state index in [-0.39, 0.29) is 0 Å². The van der Waals surface area contributed by atoms with Gasteiger partial charge < -0.3 is 0 Å². The standard InChI is InChI=1S/C9H20O3S/c1-4-6-7-9(5-2)8-12-13(3,10)11/h9H,3-8H2,1-2H3,(H,10,11). The molecule has 0 bridgehead atoms. The van der Waals surface area contributed by atoms with Gasteiger partial charge in [0.25, 0.3) is 0 Å². The molecule has 0 aliphatic carbocycles. The zero-order valence-electron chi connectivity index (χ0n) is 8.49. The molecule has 1 N–H and O–H groups in total. The number of unbranched alkanes of at least 4 members (excludes halogenated alkanes) is 1. The lowest BCUT2D eigenvalue weighted by Gasteiger charge is -2.13. The molecule has 0 aliphatic heterocycles. The maximum absolute atomic E-state index is 10.7. The molecule has 0 aliphatic rings. The highest BCUT2D eigenvalue weighted by atomic mass is 32.2. The van der Waals surface area contributed by atoms with Crippen molar-refractivity contribution in [3.05, 3.63) is 0 Å². The third kappa shape index (κ3) is 8.28. The summed E-state index contributed by atoms with van der Waals surface area (Å²) in [5.74, 6) is 3.40. The Kier molecular flexibility index (Phi) is 6.37. The topological polar surface area (TPSA) is 46.5 Å². The Morgan fingerprint density at radius 2 is 2.15 bits per heavy atom. The van der Waals surface area contributed by atoms with Crippen molar-refractivity contribution in [3.8, 4) is 0 Å². The SMILES string of the molecule is C=S(=O)(O)OCC(CC)CCCC. The summed E-state index contributed by atoms with van der Waals surface area (Å²) in [5.41, 5.74) is 0. The molecule has 0 saturated carbocycles. The fourth-order valence-corrected chi connectivity index (χ4v) is 1.51. The van der Waals surface area contributed by atoms with Gasteiger partial charge >= 0.3 is 0 Å². The van der Waals surface area contributed by atoms with Crippen LogP contribution in [0.3, 0.4) is 0 Å². The molecule has 0 aromatic heterocycles. The van der Waals surface area contributed by atoms with E-state index >= 15 is 0 Å². The Bertz CT molecular complexity index is 209. The third-order valence-corrected chi connectivity index (χ3v) is 2.54. The van der Waals surface area contributed by atoms with Gasteiger partial charge in [-0.15, -0.1) is 0 Å². The summed E-state index contributed by atoms with van der Waals surface area (Å²) in [6.45, 7) is 4.53. The predicted molar refractivity (Wildman–Crippen MR) is 57.2 cm³/mol. The van der Waals surface area contributed by atoms with Gasteiger partial charge in [-0.2, -0.15) is 0 Å². The minimum absolute atomic E-state index is 0.343. The molecule has 0 saturated heterocycles. The average molecular weight is 208 g/mol. The Balaban J connectivity index is 3.72. The predicted octanol–water partition coefficient (Wildman–Crippen LogP) is 2.32. The molecule has 0 fully saturated rings. The molecule has 0 aromatic carbocycles. The second-order valence-corrected chi connectivity index (χ2v) is 4.68. The molecule has 3 nitrogen and oxygen atoms in total. The van der Waals surface area contributed by atoms with Crippen molar-refractivity contribution in [1.29, 1.82) is 0 Å². The van der Waals surface area contributed by atoms with Crippen molar-refractivity contribution < 1.29 is 12.9 Å². The van der Waals surface area contributed by atoms with Crippen LogP contribution in [0.25, 0.3) is 0 Å². The second kappa shape index (κ2) is 6.40. The second-order valence-electron chi connectivity index (χ2n) is 3.28. The molecule has 0 spiro atoms. The van der Waals surface area contributed by atoms with Crippen LogP contribution >= 0.6 is 0 Å². The van der Waals surface area contributed by atoms with Crippen LogP contribution in [-0.2, 0) is 14.3 Å². The van der Waals surface area contributed by atoms with Crippen molar-refractivity contribution in [2.45, 2.75) is 39.5 Å². The molecular formula is C9H20O3S. The quantitative estimate of drug-likeness (QED) is 0.653. The van der Waals surface area contributed by atoms with Crippen LogP contribution in [-0.4, -0.2) is 21.2 Å². The molecule has 0 aromatic rings. The van der Waals surface area contributed by atoms with Gasteiger partial charge in [0.1, 0.15) is 0 Å². The minimum Gasteiger partial charge on any atom is -0.294 e. The van der Waals surface area contributed by atoms with E-state index in [4.69, 9.17) is 8.74 Å². The Morgan fingerprint density at radius 1 is 1.54 bits per heavy atom.